The predicted molar refractivity (Wildman–Crippen MR) is 119 cm³/mol. The van der Waals surface area contributed by atoms with Gasteiger partial charge in [-0.15, -0.1) is 16.4 Å². The van der Waals surface area contributed by atoms with Gasteiger partial charge in [-0.3, -0.25) is 9.47 Å². The van der Waals surface area contributed by atoms with Crippen molar-refractivity contribution in [3.8, 4) is 5.69 Å². The van der Waals surface area contributed by atoms with E-state index in [1.807, 2.05) is 16.0 Å². The zero-order valence-corrected chi connectivity index (χ0v) is 18.2. The monoisotopic (exact) mass is 427 g/mol. The molecular formula is C21H25N5OS2. The molecule has 6 nitrogen and oxygen atoms in total. The maximum absolute atomic E-state index is 5.93. The third-order valence-electron chi connectivity index (χ3n) is 5.69. The molecule has 1 aromatic carbocycles. The summed E-state index contributed by atoms with van der Waals surface area (Å²) in [5, 5.41) is 7.19. The largest absolute Gasteiger partial charge is 0.378 e. The number of benzene rings is 1. The quantitative estimate of drug-likeness (QED) is 0.595. The van der Waals surface area contributed by atoms with Crippen LogP contribution in [0.4, 0.5) is 5.95 Å². The summed E-state index contributed by atoms with van der Waals surface area (Å²) in [4.78, 5) is 6.24. The van der Waals surface area contributed by atoms with E-state index in [4.69, 9.17) is 22.1 Å². The zero-order valence-electron chi connectivity index (χ0n) is 16.6. The Morgan fingerprint density at radius 1 is 1.14 bits per heavy atom. The summed E-state index contributed by atoms with van der Waals surface area (Å²) in [6.45, 7) is 7.95. The van der Waals surface area contributed by atoms with Gasteiger partial charge in [0.05, 0.1) is 25.6 Å². The van der Waals surface area contributed by atoms with Crippen LogP contribution >= 0.6 is 23.6 Å². The van der Waals surface area contributed by atoms with Crippen LogP contribution in [0.15, 0.2) is 35.7 Å². The van der Waals surface area contributed by atoms with Gasteiger partial charge >= 0.3 is 0 Å². The molecule has 3 aromatic rings. The fourth-order valence-electron chi connectivity index (χ4n) is 4.10. The maximum atomic E-state index is 5.93. The molecular weight excluding hydrogens is 402 g/mol. The predicted octanol–water partition coefficient (Wildman–Crippen LogP) is 3.63. The average Bonchev–Trinajstić information content (AvgIpc) is 3.34. The van der Waals surface area contributed by atoms with Crippen molar-refractivity contribution in [3.63, 3.8) is 0 Å². The number of hydrogen-bond donors (Lipinski definition) is 0. The van der Waals surface area contributed by atoms with E-state index in [2.05, 4.69) is 57.0 Å². The van der Waals surface area contributed by atoms with Crippen LogP contribution in [0, 0.1) is 11.7 Å². The van der Waals surface area contributed by atoms with E-state index in [0.717, 1.165) is 62.2 Å². The molecule has 0 bridgehead atoms. The SMILES string of the molecule is Cc1ccccc1-n1c(N2CCOCC2)nn(CN2CCc3sccc3C2)c1=S. The van der Waals surface area contributed by atoms with E-state index in [0.29, 0.717) is 6.67 Å². The summed E-state index contributed by atoms with van der Waals surface area (Å²) in [6.07, 6.45) is 1.11. The Labute approximate surface area is 179 Å². The minimum absolute atomic E-state index is 0.713. The molecule has 8 heteroatoms. The van der Waals surface area contributed by atoms with Gasteiger partial charge in [-0.25, -0.2) is 4.68 Å². The van der Waals surface area contributed by atoms with Gasteiger partial charge in [0.15, 0.2) is 0 Å². The van der Waals surface area contributed by atoms with Crippen LogP contribution in [0.3, 0.4) is 0 Å². The number of hydrogen-bond acceptors (Lipinski definition) is 6. The van der Waals surface area contributed by atoms with Crippen LogP contribution in [-0.2, 0) is 24.4 Å². The molecule has 0 spiro atoms. The van der Waals surface area contributed by atoms with E-state index in [9.17, 15) is 0 Å². The topological polar surface area (TPSA) is 38.5 Å². The second-order valence-electron chi connectivity index (χ2n) is 7.62. The molecule has 1 fully saturated rings. The summed E-state index contributed by atoms with van der Waals surface area (Å²) in [6, 6.07) is 10.6. The van der Waals surface area contributed by atoms with Crippen LogP contribution < -0.4 is 4.90 Å². The number of anilines is 1. The summed E-state index contributed by atoms with van der Waals surface area (Å²) in [5.74, 6) is 0.917. The highest BCUT2D eigenvalue weighted by Gasteiger charge is 2.24. The van der Waals surface area contributed by atoms with Crippen molar-refractivity contribution in [3.05, 3.63) is 56.5 Å². The highest BCUT2D eigenvalue weighted by atomic mass is 32.1. The molecule has 2 aliphatic rings. The smallest absolute Gasteiger partial charge is 0.230 e. The number of ether oxygens (including phenoxy) is 1. The average molecular weight is 428 g/mol. The number of rotatable bonds is 4. The summed E-state index contributed by atoms with van der Waals surface area (Å²) in [7, 11) is 0. The number of morpholine rings is 1. The Morgan fingerprint density at radius 3 is 2.79 bits per heavy atom. The van der Waals surface area contributed by atoms with E-state index in [-0.39, 0.29) is 0 Å². The Hall–Kier alpha value is -2.00. The Bertz CT molecular complexity index is 1060. The molecule has 0 N–H and O–H groups in total. The van der Waals surface area contributed by atoms with Gasteiger partial charge in [0.1, 0.15) is 0 Å². The number of thiophene rings is 1. The van der Waals surface area contributed by atoms with Crippen molar-refractivity contribution >= 4 is 29.5 Å². The molecule has 0 saturated carbocycles. The molecule has 152 valence electrons. The van der Waals surface area contributed by atoms with Crippen molar-refractivity contribution in [2.75, 3.05) is 37.7 Å². The van der Waals surface area contributed by atoms with Crippen LogP contribution in [0.2, 0.25) is 0 Å². The fraction of sp³-hybridized carbons (Fsp3) is 0.429. The first kappa shape index (κ1) is 19.0. The van der Waals surface area contributed by atoms with E-state index < -0.39 is 0 Å². The molecule has 0 aliphatic carbocycles. The van der Waals surface area contributed by atoms with Crippen molar-refractivity contribution in [1.82, 2.24) is 19.2 Å². The van der Waals surface area contributed by atoms with Gasteiger partial charge < -0.3 is 9.64 Å². The van der Waals surface area contributed by atoms with Crippen molar-refractivity contribution < 1.29 is 4.74 Å². The normalized spacial score (nSPS) is 17.5. The highest BCUT2D eigenvalue weighted by Crippen LogP contribution is 2.26. The lowest BCUT2D eigenvalue weighted by molar-refractivity contribution is 0.121. The highest BCUT2D eigenvalue weighted by molar-refractivity contribution is 7.71. The third-order valence-corrected chi connectivity index (χ3v) is 7.11. The summed E-state index contributed by atoms with van der Waals surface area (Å²) in [5.41, 5.74) is 3.74. The number of para-hydroxylation sites is 1. The minimum Gasteiger partial charge on any atom is -0.378 e. The Kier molecular flexibility index (Phi) is 5.26. The van der Waals surface area contributed by atoms with Crippen LogP contribution in [-0.4, -0.2) is 52.1 Å². The molecule has 5 rings (SSSR count). The van der Waals surface area contributed by atoms with Crippen LogP contribution in [0.5, 0.6) is 0 Å². The molecule has 0 amide bonds. The van der Waals surface area contributed by atoms with Gasteiger partial charge in [0.2, 0.25) is 10.7 Å². The number of nitrogens with zero attached hydrogens (tertiary/aromatic N) is 5. The molecule has 29 heavy (non-hydrogen) atoms. The lowest BCUT2D eigenvalue weighted by Crippen LogP contribution is -2.38. The molecule has 0 radical (unpaired) electrons. The van der Waals surface area contributed by atoms with Crippen LogP contribution in [0.1, 0.15) is 16.0 Å². The minimum atomic E-state index is 0.713. The van der Waals surface area contributed by atoms with E-state index in [1.54, 1.807) is 0 Å². The molecule has 1 saturated heterocycles. The number of aryl methyl sites for hydroxylation is 1. The van der Waals surface area contributed by atoms with Gasteiger partial charge in [0, 0.05) is 31.1 Å². The molecule has 4 heterocycles. The van der Waals surface area contributed by atoms with Gasteiger partial charge in [-0.1, -0.05) is 18.2 Å². The second kappa shape index (κ2) is 8.02. The van der Waals surface area contributed by atoms with Crippen LogP contribution in [0.25, 0.3) is 5.69 Å². The first-order valence-electron chi connectivity index (χ1n) is 10.1. The van der Waals surface area contributed by atoms with Crippen molar-refractivity contribution in [2.45, 2.75) is 26.6 Å². The van der Waals surface area contributed by atoms with Gasteiger partial charge in [-0.05, 0) is 54.2 Å². The maximum Gasteiger partial charge on any atom is 0.230 e. The van der Waals surface area contributed by atoms with Crippen molar-refractivity contribution in [1.29, 1.82) is 0 Å². The van der Waals surface area contributed by atoms with Crippen molar-refractivity contribution in [2.24, 2.45) is 0 Å². The second-order valence-corrected chi connectivity index (χ2v) is 8.98. The van der Waals surface area contributed by atoms with Gasteiger partial charge in [0.25, 0.3) is 0 Å². The number of aromatic nitrogens is 3. The lowest BCUT2D eigenvalue weighted by Gasteiger charge is -2.28. The number of fused-ring (bicyclic) bond motifs is 1. The molecule has 2 aromatic heterocycles. The van der Waals surface area contributed by atoms with E-state index in [1.165, 1.54) is 16.0 Å². The Morgan fingerprint density at radius 2 is 1.97 bits per heavy atom. The first-order valence-corrected chi connectivity index (χ1v) is 11.4. The standard InChI is InChI=1S/C21H25N5OS2/c1-16-4-2-3-5-18(16)26-20(24-9-11-27-12-10-24)22-25(21(26)28)15-23-8-6-19-17(14-23)7-13-29-19/h2-5,7,13H,6,8-12,14-15H2,1H3. The fourth-order valence-corrected chi connectivity index (χ4v) is 5.27. The third kappa shape index (κ3) is 3.66. The molecule has 0 atom stereocenters. The molecule has 0 unspecified atom stereocenters. The van der Waals surface area contributed by atoms with E-state index >= 15 is 0 Å². The molecule has 2 aliphatic heterocycles. The summed E-state index contributed by atoms with van der Waals surface area (Å²) >= 11 is 7.80. The Balaban J connectivity index is 1.51. The zero-order chi connectivity index (χ0) is 19.8. The lowest BCUT2D eigenvalue weighted by atomic mass is 10.1. The summed E-state index contributed by atoms with van der Waals surface area (Å²) < 4.78 is 10.4. The first-order chi connectivity index (χ1) is 14.2. The van der Waals surface area contributed by atoms with Gasteiger partial charge in [-0.2, -0.15) is 0 Å².